The van der Waals surface area contributed by atoms with Gasteiger partial charge in [-0.1, -0.05) is 18.2 Å². The topological polar surface area (TPSA) is 32.8 Å². The summed E-state index contributed by atoms with van der Waals surface area (Å²) >= 11 is 1.52. The van der Waals surface area contributed by atoms with Gasteiger partial charge in [0.25, 0.3) is 5.91 Å². The van der Waals surface area contributed by atoms with Crippen LogP contribution in [0.4, 0.5) is 0 Å². The number of nitrogens with zero attached hydrogens (tertiary/aromatic N) is 2. The molecule has 23 heavy (non-hydrogen) atoms. The standard InChI is InChI=1S/C18H22N2O2S/c1-2-22-16-7-5-15(6-8-16)14-19-9-11-20(12-10-19)18(21)17-4-3-13-23-17/h3-8,13H,2,9-12,14H2,1H3. The Morgan fingerprint density at radius 2 is 1.87 bits per heavy atom. The highest BCUT2D eigenvalue weighted by atomic mass is 32.1. The lowest BCUT2D eigenvalue weighted by Gasteiger charge is -2.34. The third-order valence-electron chi connectivity index (χ3n) is 4.03. The van der Waals surface area contributed by atoms with Crippen molar-refractivity contribution in [2.24, 2.45) is 0 Å². The second-order valence-electron chi connectivity index (χ2n) is 5.62. The molecule has 2 heterocycles. The molecule has 0 radical (unpaired) electrons. The van der Waals surface area contributed by atoms with Crippen molar-refractivity contribution < 1.29 is 9.53 Å². The first-order valence-corrected chi connectivity index (χ1v) is 8.91. The summed E-state index contributed by atoms with van der Waals surface area (Å²) in [5, 5.41) is 1.95. The number of benzene rings is 1. The Balaban J connectivity index is 1.50. The SMILES string of the molecule is CCOc1ccc(CN2CCN(C(=O)c3cccs3)CC2)cc1. The molecule has 5 heteroatoms. The van der Waals surface area contributed by atoms with Crippen LogP contribution in [0.15, 0.2) is 41.8 Å². The zero-order valence-corrected chi connectivity index (χ0v) is 14.2. The maximum Gasteiger partial charge on any atom is 0.264 e. The molecule has 1 aromatic heterocycles. The van der Waals surface area contributed by atoms with Crippen LogP contribution in [0.25, 0.3) is 0 Å². The summed E-state index contributed by atoms with van der Waals surface area (Å²) in [6.07, 6.45) is 0. The second-order valence-corrected chi connectivity index (χ2v) is 6.57. The molecule has 0 aliphatic carbocycles. The number of amides is 1. The normalized spacial score (nSPS) is 15.6. The Hall–Kier alpha value is -1.85. The van der Waals surface area contributed by atoms with Gasteiger partial charge in [-0.3, -0.25) is 9.69 Å². The van der Waals surface area contributed by atoms with E-state index < -0.39 is 0 Å². The van der Waals surface area contributed by atoms with Crippen LogP contribution in [-0.4, -0.2) is 48.5 Å². The van der Waals surface area contributed by atoms with Gasteiger partial charge in [0.1, 0.15) is 5.75 Å². The van der Waals surface area contributed by atoms with Gasteiger partial charge < -0.3 is 9.64 Å². The van der Waals surface area contributed by atoms with Crippen molar-refractivity contribution in [3.8, 4) is 5.75 Å². The molecule has 1 aliphatic rings. The van der Waals surface area contributed by atoms with E-state index in [2.05, 4.69) is 17.0 Å². The van der Waals surface area contributed by atoms with E-state index in [1.807, 2.05) is 41.5 Å². The molecule has 1 amide bonds. The molecule has 0 N–H and O–H groups in total. The zero-order valence-electron chi connectivity index (χ0n) is 13.4. The third-order valence-corrected chi connectivity index (χ3v) is 4.89. The van der Waals surface area contributed by atoms with Gasteiger partial charge in [-0.2, -0.15) is 0 Å². The average Bonchev–Trinajstić information content (AvgIpc) is 3.11. The largest absolute Gasteiger partial charge is 0.494 e. The van der Waals surface area contributed by atoms with Crippen molar-refractivity contribution in [2.45, 2.75) is 13.5 Å². The summed E-state index contributed by atoms with van der Waals surface area (Å²) in [6.45, 7) is 7.05. The van der Waals surface area contributed by atoms with Crippen LogP contribution < -0.4 is 4.74 Å². The van der Waals surface area contributed by atoms with Crippen LogP contribution in [0.5, 0.6) is 5.75 Å². The lowest BCUT2D eigenvalue weighted by Crippen LogP contribution is -2.48. The number of carbonyl (C=O) groups is 1. The quantitative estimate of drug-likeness (QED) is 0.844. The highest BCUT2D eigenvalue weighted by Gasteiger charge is 2.22. The van der Waals surface area contributed by atoms with Crippen molar-refractivity contribution >= 4 is 17.2 Å². The van der Waals surface area contributed by atoms with Crippen LogP contribution in [0, 0.1) is 0 Å². The molecular formula is C18H22N2O2S. The molecule has 1 fully saturated rings. The fraction of sp³-hybridized carbons (Fsp3) is 0.389. The van der Waals surface area contributed by atoms with Gasteiger partial charge in [0.2, 0.25) is 0 Å². The van der Waals surface area contributed by atoms with Gasteiger partial charge in [-0.25, -0.2) is 0 Å². The highest BCUT2D eigenvalue weighted by Crippen LogP contribution is 2.16. The Kier molecular flexibility index (Phi) is 5.31. The van der Waals surface area contributed by atoms with Crippen molar-refractivity contribution in [3.05, 3.63) is 52.2 Å². The van der Waals surface area contributed by atoms with E-state index in [-0.39, 0.29) is 5.91 Å². The van der Waals surface area contributed by atoms with Crippen LogP contribution in [0.3, 0.4) is 0 Å². The van der Waals surface area contributed by atoms with Crippen molar-refractivity contribution in [3.63, 3.8) is 0 Å². The van der Waals surface area contributed by atoms with Crippen molar-refractivity contribution in [1.29, 1.82) is 0 Å². The molecule has 3 rings (SSSR count). The first kappa shape index (κ1) is 16.0. The van der Waals surface area contributed by atoms with E-state index in [0.717, 1.165) is 43.4 Å². The van der Waals surface area contributed by atoms with Gasteiger partial charge in [0, 0.05) is 32.7 Å². The van der Waals surface area contributed by atoms with Gasteiger partial charge in [-0.15, -0.1) is 11.3 Å². The summed E-state index contributed by atoms with van der Waals surface area (Å²) < 4.78 is 5.47. The monoisotopic (exact) mass is 330 g/mol. The number of hydrogen-bond donors (Lipinski definition) is 0. The van der Waals surface area contributed by atoms with E-state index in [4.69, 9.17) is 4.74 Å². The van der Waals surface area contributed by atoms with Crippen LogP contribution in [0.1, 0.15) is 22.2 Å². The number of thiophene rings is 1. The van der Waals surface area contributed by atoms with E-state index >= 15 is 0 Å². The predicted molar refractivity (Wildman–Crippen MR) is 93.1 cm³/mol. The first-order valence-electron chi connectivity index (χ1n) is 8.03. The summed E-state index contributed by atoms with van der Waals surface area (Å²) in [4.78, 5) is 17.5. The predicted octanol–water partition coefficient (Wildman–Crippen LogP) is 3.10. The maximum atomic E-state index is 12.3. The number of rotatable bonds is 5. The number of carbonyl (C=O) groups excluding carboxylic acids is 1. The molecule has 0 unspecified atom stereocenters. The Labute approximate surface area is 141 Å². The zero-order chi connectivity index (χ0) is 16.1. The molecule has 2 aromatic rings. The molecule has 1 aliphatic heterocycles. The van der Waals surface area contributed by atoms with E-state index in [1.54, 1.807) is 0 Å². The third kappa shape index (κ3) is 4.12. The first-order chi connectivity index (χ1) is 11.3. The maximum absolute atomic E-state index is 12.3. The minimum absolute atomic E-state index is 0.167. The summed E-state index contributed by atoms with van der Waals surface area (Å²) in [5.74, 6) is 1.09. The smallest absolute Gasteiger partial charge is 0.264 e. The molecule has 122 valence electrons. The molecule has 0 atom stereocenters. The number of ether oxygens (including phenoxy) is 1. The average molecular weight is 330 g/mol. The van der Waals surface area contributed by atoms with Crippen LogP contribution in [-0.2, 0) is 6.54 Å². The van der Waals surface area contributed by atoms with E-state index in [1.165, 1.54) is 16.9 Å². The lowest BCUT2D eigenvalue weighted by molar-refractivity contribution is 0.0633. The molecule has 1 aromatic carbocycles. The van der Waals surface area contributed by atoms with Gasteiger partial charge in [0.05, 0.1) is 11.5 Å². The van der Waals surface area contributed by atoms with Crippen molar-refractivity contribution in [2.75, 3.05) is 32.8 Å². The molecule has 4 nitrogen and oxygen atoms in total. The Bertz CT molecular complexity index is 617. The summed E-state index contributed by atoms with van der Waals surface area (Å²) in [7, 11) is 0. The molecule has 0 spiro atoms. The molecule has 0 saturated carbocycles. The number of hydrogen-bond acceptors (Lipinski definition) is 4. The second kappa shape index (κ2) is 7.62. The van der Waals surface area contributed by atoms with Crippen LogP contribution >= 0.6 is 11.3 Å². The van der Waals surface area contributed by atoms with Gasteiger partial charge in [0.15, 0.2) is 0 Å². The Morgan fingerprint density at radius 1 is 1.13 bits per heavy atom. The molecule has 0 bridgehead atoms. The van der Waals surface area contributed by atoms with Crippen LogP contribution in [0.2, 0.25) is 0 Å². The summed E-state index contributed by atoms with van der Waals surface area (Å²) in [6, 6.07) is 12.1. The fourth-order valence-electron chi connectivity index (χ4n) is 2.78. The summed E-state index contributed by atoms with van der Waals surface area (Å²) in [5.41, 5.74) is 1.28. The van der Waals surface area contributed by atoms with Gasteiger partial charge in [-0.05, 0) is 36.1 Å². The Morgan fingerprint density at radius 3 is 2.48 bits per heavy atom. The molecular weight excluding hydrogens is 308 g/mol. The highest BCUT2D eigenvalue weighted by molar-refractivity contribution is 7.12. The van der Waals surface area contributed by atoms with E-state index in [9.17, 15) is 4.79 Å². The minimum Gasteiger partial charge on any atom is -0.494 e. The fourth-order valence-corrected chi connectivity index (χ4v) is 3.47. The van der Waals surface area contributed by atoms with E-state index in [0.29, 0.717) is 6.61 Å². The molecule has 1 saturated heterocycles. The van der Waals surface area contributed by atoms with Gasteiger partial charge >= 0.3 is 0 Å². The number of piperazine rings is 1. The lowest BCUT2D eigenvalue weighted by atomic mass is 10.2. The van der Waals surface area contributed by atoms with Crippen molar-refractivity contribution in [1.82, 2.24) is 9.80 Å². The minimum atomic E-state index is 0.167.